The number of amides is 2. The number of hydrogen-bond donors (Lipinski definition) is 2. The van der Waals surface area contributed by atoms with Crippen LogP contribution in [0.25, 0.3) is 22.4 Å². The molecule has 2 aliphatic heterocycles. The van der Waals surface area contributed by atoms with E-state index in [9.17, 15) is 9.59 Å². The molecule has 3 aromatic rings. The largest absolute Gasteiger partial charge is 0.453 e. The number of aromatic amines is 1. The van der Waals surface area contributed by atoms with Gasteiger partial charge in [0, 0.05) is 47.5 Å². The van der Waals surface area contributed by atoms with Crippen molar-refractivity contribution in [3.63, 3.8) is 0 Å². The van der Waals surface area contributed by atoms with E-state index in [1.807, 2.05) is 24.9 Å². The number of benzene rings is 2. The third-order valence-corrected chi connectivity index (χ3v) is 9.10. The van der Waals surface area contributed by atoms with Crippen molar-refractivity contribution in [1.29, 1.82) is 0 Å². The van der Waals surface area contributed by atoms with Gasteiger partial charge in [0.2, 0.25) is 5.91 Å². The second-order valence-electron chi connectivity index (χ2n) is 11.3. The summed E-state index contributed by atoms with van der Waals surface area (Å²) in [7, 11) is 3.48. The van der Waals surface area contributed by atoms with Gasteiger partial charge in [0.25, 0.3) is 0 Å². The number of methoxy groups -OCH3 is 1. The van der Waals surface area contributed by atoms with Gasteiger partial charge < -0.3 is 29.7 Å². The highest BCUT2D eigenvalue weighted by Crippen LogP contribution is 2.35. The Morgan fingerprint density at radius 3 is 2.44 bits per heavy atom. The number of ether oxygens (including phenoxy) is 1. The number of alkyl carbamates (subject to hydrolysis) is 1. The lowest BCUT2D eigenvalue weighted by Crippen LogP contribution is -2.51. The molecule has 9 nitrogen and oxygen atoms in total. The molecular weight excluding hydrogens is 631 g/mol. The monoisotopic (exact) mass is 670 g/mol. The van der Waals surface area contributed by atoms with Crippen LogP contribution in [0.15, 0.2) is 48.7 Å². The number of rotatable bonds is 7. The zero-order chi connectivity index (χ0) is 29.1. The van der Waals surface area contributed by atoms with Gasteiger partial charge in [-0.25, -0.2) is 9.78 Å². The summed E-state index contributed by atoms with van der Waals surface area (Å²) in [6.45, 7) is 8.74. The lowest BCUT2D eigenvalue weighted by Gasteiger charge is -2.34. The maximum Gasteiger partial charge on any atom is 0.407 e. The van der Waals surface area contributed by atoms with Gasteiger partial charge in [-0.3, -0.25) is 4.79 Å². The molecule has 41 heavy (non-hydrogen) atoms. The Labute approximate surface area is 255 Å². The van der Waals surface area contributed by atoms with Crippen molar-refractivity contribution in [3.05, 3.63) is 58.1 Å². The molecule has 218 valence electrons. The van der Waals surface area contributed by atoms with Crippen LogP contribution in [0.1, 0.15) is 38.6 Å². The molecule has 2 N–H and O–H groups in total. The van der Waals surface area contributed by atoms with Crippen molar-refractivity contribution in [2.75, 3.05) is 51.8 Å². The summed E-state index contributed by atoms with van der Waals surface area (Å²) in [6.07, 6.45) is 2.95. The predicted octanol–water partition coefficient (Wildman–Crippen LogP) is 5.14. The van der Waals surface area contributed by atoms with E-state index in [0.717, 1.165) is 56.1 Å². The lowest BCUT2D eigenvalue weighted by atomic mass is 10.0. The molecule has 1 unspecified atom stereocenters. The maximum atomic E-state index is 13.5. The fourth-order valence-electron chi connectivity index (χ4n) is 5.68. The molecule has 2 saturated heterocycles. The van der Waals surface area contributed by atoms with Crippen LogP contribution in [0.3, 0.4) is 0 Å². The summed E-state index contributed by atoms with van der Waals surface area (Å²) < 4.78 is 5.94. The number of likely N-dealkylation sites (N-methyl/N-ethyl adjacent to an activating group) is 1. The Morgan fingerprint density at radius 1 is 1.05 bits per heavy atom. The first-order valence-electron chi connectivity index (χ1n) is 14.3. The van der Waals surface area contributed by atoms with Crippen molar-refractivity contribution >= 4 is 40.3 Å². The Bertz CT molecular complexity index is 1370. The number of anilines is 1. The number of piperazine rings is 1. The van der Waals surface area contributed by atoms with E-state index in [0.29, 0.717) is 6.54 Å². The minimum Gasteiger partial charge on any atom is -0.453 e. The summed E-state index contributed by atoms with van der Waals surface area (Å²) in [5.74, 6) is 0.585. The lowest BCUT2D eigenvalue weighted by molar-refractivity contribution is -0.135. The van der Waals surface area contributed by atoms with E-state index < -0.39 is 12.1 Å². The number of likely N-dealkylation sites (tertiary alicyclic amines) is 1. The van der Waals surface area contributed by atoms with Gasteiger partial charge in [-0.1, -0.05) is 32.0 Å². The first-order chi connectivity index (χ1) is 19.7. The Kier molecular flexibility index (Phi) is 9.18. The predicted molar refractivity (Wildman–Crippen MR) is 170 cm³/mol. The highest BCUT2D eigenvalue weighted by Gasteiger charge is 2.37. The van der Waals surface area contributed by atoms with Crippen LogP contribution in [0.4, 0.5) is 10.5 Å². The molecule has 3 heterocycles. The van der Waals surface area contributed by atoms with E-state index in [2.05, 4.69) is 92.2 Å². The minimum absolute atomic E-state index is 0.0733. The fraction of sp³-hybridized carbons (Fsp3) is 0.452. The zero-order valence-corrected chi connectivity index (χ0v) is 26.3. The highest BCUT2D eigenvalue weighted by molar-refractivity contribution is 14.1. The number of imidazole rings is 1. The van der Waals surface area contributed by atoms with Crippen LogP contribution in [-0.4, -0.2) is 84.7 Å². The summed E-state index contributed by atoms with van der Waals surface area (Å²) in [5.41, 5.74) is 5.59. The van der Waals surface area contributed by atoms with Gasteiger partial charge in [0.15, 0.2) is 0 Å². The molecule has 10 heteroatoms. The molecule has 0 bridgehead atoms. The van der Waals surface area contributed by atoms with Crippen LogP contribution in [0.5, 0.6) is 0 Å². The van der Waals surface area contributed by atoms with Crippen LogP contribution in [-0.2, 0) is 9.53 Å². The average molecular weight is 671 g/mol. The maximum absolute atomic E-state index is 13.5. The Hall–Kier alpha value is -3.12. The second kappa shape index (κ2) is 12.8. The number of halogens is 1. The molecule has 0 aliphatic carbocycles. The summed E-state index contributed by atoms with van der Waals surface area (Å²) in [6, 6.07) is 14.5. The van der Waals surface area contributed by atoms with Crippen LogP contribution in [0, 0.1) is 9.49 Å². The molecule has 0 saturated carbocycles. The minimum atomic E-state index is -0.654. The van der Waals surface area contributed by atoms with Crippen LogP contribution < -0.4 is 10.2 Å². The fourth-order valence-corrected chi connectivity index (χ4v) is 6.32. The van der Waals surface area contributed by atoms with Crippen molar-refractivity contribution in [2.45, 2.75) is 38.8 Å². The van der Waals surface area contributed by atoms with Gasteiger partial charge in [-0.05, 0) is 83.8 Å². The van der Waals surface area contributed by atoms with Crippen molar-refractivity contribution < 1.29 is 14.3 Å². The molecular formula is C31H39IN6O3. The Balaban J connectivity index is 1.34. The normalized spacial score (nSPS) is 18.5. The average Bonchev–Trinajstić information content (AvgIpc) is 3.66. The third-order valence-electron chi connectivity index (χ3n) is 8.16. The molecule has 2 aromatic carbocycles. The highest BCUT2D eigenvalue weighted by atomic mass is 127. The quantitative estimate of drug-likeness (QED) is 0.339. The smallest absolute Gasteiger partial charge is 0.407 e. The van der Waals surface area contributed by atoms with Gasteiger partial charge in [-0.2, -0.15) is 0 Å². The number of aromatic nitrogens is 2. The number of carbonyl (C=O) groups excluding carboxylic acids is 2. The first kappa shape index (κ1) is 29.4. The second-order valence-corrected chi connectivity index (χ2v) is 12.4. The topological polar surface area (TPSA) is 93.8 Å². The molecule has 0 radical (unpaired) electrons. The van der Waals surface area contributed by atoms with E-state index in [4.69, 9.17) is 9.72 Å². The molecule has 1 aromatic heterocycles. The van der Waals surface area contributed by atoms with E-state index >= 15 is 0 Å². The molecule has 5 rings (SSSR count). The van der Waals surface area contributed by atoms with Gasteiger partial charge in [0.05, 0.1) is 25.0 Å². The third kappa shape index (κ3) is 6.53. The van der Waals surface area contributed by atoms with Crippen molar-refractivity contribution in [3.8, 4) is 22.4 Å². The van der Waals surface area contributed by atoms with Gasteiger partial charge >= 0.3 is 6.09 Å². The number of nitrogens with zero attached hydrogens (tertiary/aromatic N) is 4. The number of carbonyl (C=O) groups is 2. The van der Waals surface area contributed by atoms with Gasteiger partial charge in [-0.15, -0.1) is 0 Å². The standard InChI is InChI=1S/C31H39IN6O3/c1-20(2)28(35-31(40)41-4)30(39)38-13-5-6-27(38)29-33-19-26(34-29)22-9-12-25(32)24(18-22)21-7-10-23(11-8-21)37-16-14-36(3)15-17-37/h7-12,18-20,27-28H,5-6,13-17H2,1-4H3,(H,33,34)(H,35,40)/t27?,28-/m0/s1. The van der Waals surface area contributed by atoms with Gasteiger partial charge in [0.1, 0.15) is 11.9 Å². The number of hydrogen-bond acceptors (Lipinski definition) is 6. The molecule has 2 atom stereocenters. The van der Waals surface area contributed by atoms with Crippen LogP contribution >= 0.6 is 22.6 Å². The first-order valence-corrected chi connectivity index (χ1v) is 15.4. The van der Waals surface area contributed by atoms with E-state index in [1.165, 1.54) is 27.5 Å². The summed E-state index contributed by atoms with van der Waals surface area (Å²) >= 11 is 2.40. The number of H-pyrrole nitrogens is 1. The van der Waals surface area contributed by atoms with Crippen LogP contribution in [0.2, 0.25) is 0 Å². The van der Waals surface area contributed by atoms with E-state index in [-0.39, 0.29) is 17.9 Å². The zero-order valence-electron chi connectivity index (χ0n) is 24.2. The molecule has 2 aliphatic rings. The number of nitrogens with one attached hydrogen (secondary N) is 2. The Morgan fingerprint density at radius 2 is 1.76 bits per heavy atom. The summed E-state index contributed by atoms with van der Waals surface area (Å²) in [4.78, 5) is 40.2. The molecule has 0 spiro atoms. The van der Waals surface area contributed by atoms with Crippen molar-refractivity contribution in [1.82, 2.24) is 25.1 Å². The van der Waals surface area contributed by atoms with E-state index in [1.54, 1.807) is 0 Å². The SMILES string of the molecule is COC(=O)N[C@H](C(=O)N1CCCC1c1ncc(-c2ccc(I)c(-c3ccc(N4CCN(C)CC4)cc3)c2)[nH]1)C(C)C. The summed E-state index contributed by atoms with van der Waals surface area (Å²) in [5, 5.41) is 2.71. The molecule has 2 fully saturated rings. The van der Waals surface area contributed by atoms with Crippen molar-refractivity contribution in [2.24, 2.45) is 5.92 Å². The molecule has 2 amide bonds.